The number of halogens is 2. The fraction of sp³-hybridized carbons (Fsp3) is 0.250. The molecule has 0 aliphatic heterocycles. The van der Waals surface area contributed by atoms with E-state index in [4.69, 9.17) is 4.74 Å². The van der Waals surface area contributed by atoms with Gasteiger partial charge in [-0.15, -0.1) is 0 Å². The van der Waals surface area contributed by atoms with Crippen molar-refractivity contribution in [3.05, 3.63) is 30.1 Å². The summed E-state index contributed by atoms with van der Waals surface area (Å²) in [4.78, 5) is 0. The second kappa shape index (κ2) is 3.91. The van der Waals surface area contributed by atoms with Crippen molar-refractivity contribution in [2.75, 3.05) is 13.3 Å². The molecule has 60 valence electrons. The van der Waals surface area contributed by atoms with Crippen molar-refractivity contribution in [2.45, 2.75) is 0 Å². The summed E-state index contributed by atoms with van der Waals surface area (Å²) >= 11 is 0. The Labute approximate surface area is 63.6 Å². The zero-order valence-corrected chi connectivity index (χ0v) is 5.89. The van der Waals surface area contributed by atoms with Gasteiger partial charge in [-0.05, 0) is 12.1 Å². The maximum Gasteiger partial charge on any atom is 0.126 e. The Hall–Kier alpha value is -1.12. The van der Waals surface area contributed by atoms with Crippen molar-refractivity contribution in [1.82, 2.24) is 0 Å². The second-order valence-corrected chi connectivity index (χ2v) is 1.99. The molecule has 1 rings (SSSR count). The summed E-state index contributed by atoms with van der Waals surface area (Å²) in [5.41, 5.74) is 0. The van der Waals surface area contributed by atoms with E-state index in [1.54, 1.807) is 6.07 Å². The van der Waals surface area contributed by atoms with Gasteiger partial charge in [0, 0.05) is 6.07 Å². The summed E-state index contributed by atoms with van der Waals surface area (Å²) in [6, 6.07) is 5.62. The highest BCUT2D eigenvalue weighted by molar-refractivity contribution is 5.22. The summed E-state index contributed by atoms with van der Waals surface area (Å²) in [6.45, 7) is -0.583. The molecule has 0 saturated carbocycles. The molecule has 3 heteroatoms. The van der Waals surface area contributed by atoms with E-state index in [2.05, 4.69) is 0 Å². The van der Waals surface area contributed by atoms with Crippen LogP contribution < -0.4 is 4.74 Å². The average Bonchev–Trinajstić information content (AvgIpc) is 2.01. The number of rotatable bonds is 3. The number of alkyl halides is 1. The van der Waals surface area contributed by atoms with Crippen LogP contribution in [0, 0.1) is 5.82 Å². The first-order valence-corrected chi connectivity index (χ1v) is 3.27. The molecule has 0 heterocycles. The maximum absolute atomic E-state index is 12.4. The van der Waals surface area contributed by atoms with E-state index in [1.165, 1.54) is 18.2 Å². The van der Waals surface area contributed by atoms with Crippen LogP contribution in [0.25, 0.3) is 0 Å². The average molecular weight is 158 g/mol. The number of hydrogen-bond donors (Lipinski definition) is 0. The van der Waals surface area contributed by atoms with Crippen molar-refractivity contribution in [3.8, 4) is 5.75 Å². The normalized spacial score (nSPS) is 9.64. The van der Waals surface area contributed by atoms with Gasteiger partial charge in [0.05, 0.1) is 0 Å². The van der Waals surface area contributed by atoms with E-state index >= 15 is 0 Å². The minimum atomic E-state index is -0.559. The van der Waals surface area contributed by atoms with Gasteiger partial charge in [0.25, 0.3) is 0 Å². The van der Waals surface area contributed by atoms with E-state index in [0.29, 0.717) is 5.75 Å². The lowest BCUT2D eigenvalue weighted by molar-refractivity contribution is 0.272. The summed E-state index contributed by atoms with van der Waals surface area (Å²) in [5.74, 6) is -0.0102. The number of ether oxygens (including phenoxy) is 1. The molecular formula is C8H8F2O. The first-order chi connectivity index (χ1) is 5.33. The molecule has 0 aromatic heterocycles. The van der Waals surface area contributed by atoms with E-state index in [9.17, 15) is 8.78 Å². The topological polar surface area (TPSA) is 9.23 Å². The highest BCUT2D eigenvalue weighted by Crippen LogP contribution is 2.11. The standard InChI is InChI=1S/C8H8F2O/c9-4-5-11-8-3-1-2-7(10)6-8/h1-3,6H,4-5H2. The minimum absolute atomic E-state index is 0.0244. The molecule has 1 aromatic carbocycles. The number of benzene rings is 1. The van der Waals surface area contributed by atoms with Crippen LogP contribution in [0.15, 0.2) is 24.3 Å². The molecule has 0 spiro atoms. The molecule has 0 bridgehead atoms. The lowest BCUT2D eigenvalue weighted by atomic mass is 10.3. The Balaban J connectivity index is 2.56. The molecule has 0 fully saturated rings. The van der Waals surface area contributed by atoms with Crippen molar-refractivity contribution >= 4 is 0 Å². The highest BCUT2D eigenvalue weighted by Gasteiger charge is 1.93. The van der Waals surface area contributed by atoms with Gasteiger partial charge in [-0.1, -0.05) is 6.07 Å². The summed E-state index contributed by atoms with van der Waals surface area (Å²) in [7, 11) is 0. The van der Waals surface area contributed by atoms with Gasteiger partial charge in [0.1, 0.15) is 24.8 Å². The van der Waals surface area contributed by atoms with E-state index in [1.807, 2.05) is 0 Å². The SMILES string of the molecule is FCCOc1cccc(F)c1. The Bertz CT molecular complexity index is 225. The first kappa shape index (κ1) is 7.98. The molecule has 1 nitrogen and oxygen atoms in total. The Kier molecular flexibility index (Phi) is 2.83. The van der Waals surface area contributed by atoms with Gasteiger partial charge < -0.3 is 4.74 Å². The number of hydrogen-bond acceptors (Lipinski definition) is 1. The Morgan fingerprint density at radius 3 is 2.82 bits per heavy atom. The van der Waals surface area contributed by atoms with Crippen molar-refractivity contribution in [1.29, 1.82) is 0 Å². The molecule has 0 saturated heterocycles. The second-order valence-electron chi connectivity index (χ2n) is 1.99. The molecule has 0 N–H and O–H groups in total. The third kappa shape index (κ3) is 2.53. The van der Waals surface area contributed by atoms with E-state index < -0.39 is 6.67 Å². The van der Waals surface area contributed by atoms with Crippen LogP contribution in [0.4, 0.5) is 8.78 Å². The first-order valence-electron chi connectivity index (χ1n) is 3.27. The Morgan fingerprint density at radius 1 is 1.36 bits per heavy atom. The summed E-state index contributed by atoms with van der Waals surface area (Å²) in [5, 5.41) is 0. The van der Waals surface area contributed by atoms with Gasteiger partial charge in [-0.25, -0.2) is 8.78 Å². The minimum Gasteiger partial charge on any atom is -0.491 e. The van der Waals surface area contributed by atoms with Crippen LogP contribution in [0.2, 0.25) is 0 Å². The lowest BCUT2D eigenvalue weighted by Crippen LogP contribution is -1.98. The molecule has 0 aliphatic rings. The van der Waals surface area contributed by atoms with Gasteiger partial charge in [-0.2, -0.15) is 0 Å². The summed E-state index contributed by atoms with van der Waals surface area (Å²) < 4.78 is 28.8. The molecular weight excluding hydrogens is 150 g/mol. The van der Waals surface area contributed by atoms with Gasteiger partial charge in [0.2, 0.25) is 0 Å². The van der Waals surface area contributed by atoms with E-state index in [0.717, 1.165) is 0 Å². The van der Waals surface area contributed by atoms with Crippen LogP contribution in [0.3, 0.4) is 0 Å². The lowest BCUT2D eigenvalue weighted by Gasteiger charge is -2.01. The van der Waals surface area contributed by atoms with Crippen LogP contribution in [0.5, 0.6) is 5.75 Å². The van der Waals surface area contributed by atoms with Crippen molar-refractivity contribution in [2.24, 2.45) is 0 Å². The molecule has 0 atom stereocenters. The van der Waals surface area contributed by atoms with Crippen LogP contribution >= 0.6 is 0 Å². The van der Waals surface area contributed by atoms with Gasteiger partial charge in [0.15, 0.2) is 0 Å². The third-order valence-corrected chi connectivity index (χ3v) is 1.14. The molecule has 0 unspecified atom stereocenters. The van der Waals surface area contributed by atoms with E-state index in [-0.39, 0.29) is 12.4 Å². The smallest absolute Gasteiger partial charge is 0.126 e. The molecule has 11 heavy (non-hydrogen) atoms. The predicted octanol–water partition coefficient (Wildman–Crippen LogP) is 2.17. The zero-order valence-electron chi connectivity index (χ0n) is 5.89. The predicted molar refractivity (Wildman–Crippen MR) is 37.9 cm³/mol. The zero-order chi connectivity index (χ0) is 8.10. The van der Waals surface area contributed by atoms with Crippen LogP contribution in [-0.4, -0.2) is 13.3 Å². The largest absolute Gasteiger partial charge is 0.491 e. The molecule has 0 aliphatic carbocycles. The van der Waals surface area contributed by atoms with Gasteiger partial charge >= 0.3 is 0 Å². The molecule has 1 aromatic rings. The summed E-state index contributed by atoms with van der Waals surface area (Å²) in [6.07, 6.45) is 0. The fourth-order valence-electron chi connectivity index (χ4n) is 0.713. The Morgan fingerprint density at radius 2 is 2.18 bits per heavy atom. The molecule has 0 radical (unpaired) electrons. The third-order valence-electron chi connectivity index (χ3n) is 1.14. The molecule has 0 amide bonds. The van der Waals surface area contributed by atoms with Crippen LogP contribution in [-0.2, 0) is 0 Å². The van der Waals surface area contributed by atoms with Crippen molar-refractivity contribution < 1.29 is 13.5 Å². The van der Waals surface area contributed by atoms with Gasteiger partial charge in [-0.3, -0.25) is 0 Å². The monoisotopic (exact) mass is 158 g/mol. The van der Waals surface area contributed by atoms with Crippen molar-refractivity contribution in [3.63, 3.8) is 0 Å². The fourth-order valence-corrected chi connectivity index (χ4v) is 0.713. The maximum atomic E-state index is 12.4. The van der Waals surface area contributed by atoms with Crippen LogP contribution in [0.1, 0.15) is 0 Å². The quantitative estimate of drug-likeness (QED) is 0.655. The highest BCUT2D eigenvalue weighted by atomic mass is 19.1.